The molecule has 112 valence electrons. The maximum Gasteiger partial charge on any atom is 0.231 e. The van der Waals surface area contributed by atoms with E-state index in [2.05, 4.69) is 27.3 Å². The van der Waals surface area contributed by atoms with Crippen molar-refractivity contribution in [2.45, 2.75) is 19.4 Å². The summed E-state index contributed by atoms with van der Waals surface area (Å²) in [6.07, 6.45) is 0.637. The Balaban J connectivity index is 1.66. The number of piperazine rings is 1. The Morgan fingerprint density at radius 2 is 2.00 bits per heavy atom. The Bertz CT molecular complexity index is 578. The summed E-state index contributed by atoms with van der Waals surface area (Å²) in [6, 6.07) is 7.89. The van der Waals surface area contributed by atoms with Crippen molar-refractivity contribution in [3.63, 3.8) is 0 Å². The van der Waals surface area contributed by atoms with Crippen LogP contribution in [0.1, 0.15) is 30.2 Å². The van der Waals surface area contributed by atoms with E-state index >= 15 is 0 Å². The Morgan fingerprint density at radius 3 is 2.71 bits per heavy atom. The molecule has 0 amide bonds. The van der Waals surface area contributed by atoms with Crippen LogP contribution in [0.5, 0.6) is 0 Å². The lowest BCUT2D eigenvalue weighted by molar-refractivity contribution is 0.176. The van der Waals surface area contributed by atoms with Crippen LogP contribution in [-0.4, -0.2) is 41.2 Å². The van der Waals surface area contributed by atoms with Gasteiger partial charge in [-0.15, -0.1) is 0 Å². The zero-order valence-corrected chi connectivity index (χ0v) is 12.8. The monoisotopic (exact) mass is 306 g/mol. The fourth-order valence-electron chi connectivity index (χ4n) is 2.52. The predicted octanol–water partition coefficient (Wildman–Crippen LogP) is 2.28. The maximum atomic E-state index is 5.88. The molecule has 5 nitrogen and oxygen atoms in total. The first kappa shape index (κ1) is 14.5. The van der Waals surface area contributed by atoms with Gasteiger partial charge in [0, 0.05) is 31.2 Å². The molecule has 1 aliphatic heterocycles. The van der Waals surface area contributed by atoms with Gasteiger partial charge in [-0.25, -0.2) is 0 Å². The summed E-state index contributed by atoms with van der Waals surface area (Å²) in [6.45, 7) is 6.19. The average Bonchev–Trinajstić information content (AvgIpc) is 2.98. The molecule has 0 bridgehead atoms. The highest BCUT2D eigenvalue weighted by molar-refractivity contribution is 6.30. The topological polar surface area (TPSA) is 54.2 Å². The van der Waals surface area contributed by atoms with Gasteiger partial charge in [-0.05, 0) is 24.6 Å². The predicted molar refractivity (Wildman–Crippen MR) is 81.4 cm³/mol. The first-order valence-electron chi connectivity index (χ1n) is 7.24. The Labute approximate surface area is 129 Å². The molecule has 2 aromatic rings. The van der Waals surface area contributed by atoms with Crippen LogP contribution in [0.3, 0.4) is 0 Å². The summed E-state index contributed by atoms with van der Waals surface area (Å²) in [5.41, 5.74) is 1.12. The fraction of sp³-hybridized carbons (Fsp3) is 0.467. The third-order valence-corrected chi connectivity index (χ3v) is 4.08. The lowest BCUT2D eigenvalue weighted by Crippen LogP contribution is -2.44. The molecule has 1 unspecified atom stereocenters. The zero-order valence-electron chi connectivity index (χ0n) is 12.1. The molecule has 1 N–H and O–H groups in total. The van der Waals surface area contributed by atoms with E-state index in [0.717, 1.165) is 42.6 Å². The molecule has 1 fully saturated rings. The summed E-state index contributed by atoms with van der Waals surface area (Å²) in [5.74, 6) is 1.41. The fourth-order valence-corrected chi connectivity index (χ4v) is 2.65. The zero-order chi connectivity index (χ0) is 14.7. The van der Waals surface area contributed by atoms with Crippen molar-refractivity contribution < 1.29 is 4.52 Å². The normalized spacial score (nSPS) is 17.8. The third kappa shape index (κ3) is 3.61. The van der Waals surface area contributed by atoms with Crippen LogP contribution in [0.25, 0.3) is 0 Å². The Kier molecular flexibility index (Phi) is 4.53. The van der Waals surface area contributed by atoms with Crippen molar-refractivity contribution in [1.29, 1.82) is 0 Å². The van der Waals surface area contributed by atoms with Crippen LogP contribution in [0.4, 0.5) is 0 Å². The van der Waals surface area contributed by atoms with E-state index in [1.54, 1.807) is 0 Å². The van der Waals surface area contributed by atoms with E-state index in [9.17, 15) is 0 Å². The van der Waals surface area contributed by atoms with Crippen LogP contribution < -0.4 is 5.32 Å². The van der Waals surface area contributed by atoms with E-state index in [-0.39, 0.29) is 6.04 Å². The number of aromatic nitrogens is 2. The summed E-state index contributed by atoms with van der Waals surface area (Å²) in [7, 11) is 0. The van der Waals surface area contributed by atoms with E-state index in [4.69, 9.17) is 16.1 Å². The first-order chi connectivity index (χ1) is 10.2. The average molecular weight is 307 g/mol. The molecule has 3 rings (SSSR count). The highest BCUT2D eigenvalue weighted by Gasteiger charge is 2.22. The molecule has 1 saturated heterocycles. The Hall–Kier alpha value is -1.43. The standard InChI is InChI=1S/C15H19ClN4O/c1-11(20-8-6-17-7-9-20)15-18-14(21-19-15)10-12-2-4-13(16)5-3-12/h2-5,11,17H,6-10H2,1H3. The second-order valence-corrected chi connectivity index (χ2v) is 5.75. The van der Waals surface area contributed by atoms with E-state index < -0.39 is 0 Å². The summed E-state index contributed by atoms with van der Waals surface area (Å²) in [5, 5.41) is 8.21. The van der Waals surface area contributed by atoms with E-state index in [0.29, 0.717) is 12.3 Å². The first-order valence-corrected chi connectivity index (χ1v) is 7.62. The summed E-state index contributed by atoms with van der Waals surface area (Å²) < 4.78 is 5.37. The third-order valence-electron chi connectivity index (χ3n) is 3.83. The van der Waals surface area contributed by atoms with E-state index in [1.807, 2.05) is 24.3 Å². The minimum atomic E-state index is 0.190. The molecule has 1 aliphatic rings. The van der Waals surface area contributed by atoms with Crippen molar-refractivity contribution in [2.24, 2.45) is 0 Å². The van der Waals surface area contributed by atoms with Crippen LogP contribution in [0.2, 0.25) is 5.02 Å². The second kappa shape index (κ2) is 6.56. The molecule has 6 heteroatoms. The lowest BCUT2D eigenvalue weighted by atomic mass is 10.1. The molecule has 0 aliphatic carbocycles. The molecular weight excluding hydrogens is 288 g/mol. The molecular formula is C15H19ClN4O. The largest absolute Gasteiger partial charge is 0.339 e. The molecule has 2 heterocycles. The minimum absolute atomic E-state index is 0.190. The second-order valence-electron chi connectivity index (χ2n) is 5.31. The molecule has 1 atom stereocenters. The van der Waals surface area contributed by atoms with Crippen molar-refractivity contribution in [2.75, 3.05) is 26.2 Å². The summed E-state index contributed by atoms with van der Waals surface area (Å²) in [4.78, 5) is 6.90. The Morgan fingerprint density at radius 1 is 1.29 bits per heavy atom. The van der Waals surface area contributed by atoms with Crippen molar-refractivity contribution >= 4 is 11.6 Å². The number of benzene rings is 1. The van der Waals surface area contributed by atoms with Crippen molar-refractivity contribution in [3.8, 4) is 0 Å². The van der Waals surface area contributed by atoms with Gasteiger partial charge in [-0.2, -0.15) is 4.98 Å². The minimum Gasteiger partial charge on any atom is -0.339 e. The van der Waals surface area contributed by atoms with Gasteiger partial charge in [0.05, 0.1) is 12.5 Å². The highest BCUT2D eigenvalue weighted by atomic mass is 35.5. The van der Waals surface area contributed by atoms with Gasteiger partial charge >= 0.3 is 0 Å². The van der Waals surface area contributed by atoms with Crippen molar-refractivity contribution in [3.05, 3.63) is 46.6 Å². The van der Waals surface area contributed by atoms with E-state index in [1.165, 1.54) is 0 Å². The van der Waals surface area contributed by atoms with Gasteiger partial charge in [-0.1, -0.05) is 28.9 Å². The molecule has 21 heavy (non-hydrogen) atoms. The number of halogens is 1. The number of hydrogen-bond acceptors (Lipinski definition) is 5. The molecule has 1 aromatic heterocycles. The number of nitrogens with zero attached hydrogens (tertiary/aromatic N) is 3. The SMILES string of the molecule is CC(c1noc(Cc2ccc(Cl)cc2)n1)N1CCNCC1. The quantitative estimate of drug-likeness (QED) is 0.939. The van der Waals surface area contributed by atoms with Gasteiger partial charge in [0.2, 0.25) is 5.89 Å². The lowest BCUT2D eigenvalue weighted by Gasteiger charge is -2.30. The van der Waals surface area contributed by atoms with Crippen LogP contribution in [-0.2, 0) is 6.42 Å². The smallest absolute Gasteiger partial charge is 0.231 e. The number of hydrogen-bond donors (Lipinski definition) is 1. The highest BCUT2D eigenvalue weighted by Crippen LogP contribution is 2.19. The van der Waals surface area contributed by atoms with Crippen LogP contribution in [0.15, 0.2) is 28.8 Å². The number of rotatable bonds is 4. The maximum absolute atomic E-state index is 5.88. The van der Waals surface area contributed by atoms with Gasteiger partial charge < -0.3 is 9.84 Å². The molecule has 0 saturated carbocycles. The van der Waals surface area contributed by atoms with Gasteiger partial charge in [0.1, 0.15) is 0 Å². The van der Waals surface area contributed by atoms with Crippen molar-refractivity contribution in [1.82, 2.24) is 20.4 Å². The molecule has 0 radical (unpaired) electrons. The molecule has 1 aromatic carbocycles. The van der Waals surface area contributed by atoms with Crippen LogP contribution in [0, 0.1) is 0 Å². The number of nitrogens with one attached hydrogen (secondary N) is 1. The summed E-state index contributed by atoms with van der Waals surface area (Å²) >= 11 is 5.88. The van der Waals surface area contributed by atoms with Gasteiger partial charge in [-0.3, -0.25) is 4.90 Å². The van der Waals surface area contributed by atoms with Gasteiger partial charge in [0.15, 0.2) is 5.82 Å². The molecule has 0 spiro atoms. The van der Waals surface area contributed by atoms with Crippen LogP contribution >= 0.6 is 11.6 Å². The van der Waals surface area contributed by atoms with Gasteiger partial charge in [0.25, 0.3) is 0 Å².